The molecule has 0 aromatic rings. The van der Waals surface area contributed by atoms with E-state index in [2.05, 4.69) is 0 Å². The second-order valence-electron chi connectivity index (χ2n) is 2.21. The first kappa shape index (κ1) is 12.4. The zero-order valence-corrected chi connectivity index (χ0v) is 5.81. The molecule has 1 atom stereocenters. The van der Waals surface area contributed by atoms with Gasteiger partial charge in [0, 0.05) is 0 Å². The minimum absolute atomic E-state index is 2.90. The van der Waals surface area contributed by atoms with E-state index in [-0.39, 0.29) is 0 Å². The van der Waals surface area contributed by atoms with Crippen LogP contribution in [0.1, 0.15) is 6.42 Å². The van der Waals surface area contributed by atoms with Crippen LogP contribution >= 0.6 is 0 Å². The minimum Gasteiger partial charge on any atom is -0.234 e. The maximum absolute atomic E-state index is 12.0. The number of hydrogen-bond acceptors (Lipinski definition) is 0. The van der Waals surface area contributed by atoms with Gasteiger partial charge in [0.15, 0.2) is 0 Å². The molecule has 0 aliphatic rings. The molecule has 0 aromatic heterocycles. The molecule has 1 radical (unpaired) electrons. The molecule has 0 aliphatic heterocycles. The molecule has 0 saturated carbocycles. The Morgan fingerprint density at radius 1 is 1.00 bits per heavy atom. The van der Waals surface area contributed by atoms with Gasteiger partial charge in [0.05, 0.1) is 0 Å². The fraction of sp³-hybridized carbons (Fsp3) is 0.800. The van der Waals surface area contributed by atoms with Crippen LogP contribution in [0.4, 0.5) is 35.1 Å². The number of halogens is 8. The highest BCUT2D eigenvalue weighted by Crippen LogP contribution is 2.38. The van der Waals surface area contributed by atoms with Crippen LogP contribution in [0, 0.1) is 6.43 Å². The smallest absolute Gasteiger partial charge is 0.234 e. The Hall–Kier alpha value is -0.560. The SMILES string of the molecule is F[C](F)C(F)C(F)(F)CC(F)(F)F. The first-order valence-corrected chi connectivity index (χ1v) is 2.83. The Labute approximate surface area is 67.5 Å². The van der Waals surface area contributed by atoms with E-state index in [0.29, 0.717) is 0 Å². The Bertz CT molecular complexity index is 158. The summed E-state index contributed by atoms with van der Waals surface area (Å²) in [6.45, 7) is 0. The summed E-state index contributed by atoms with van der Waals surface area (Å²) in [5, 5.41) is 0. The quantitative estimate of drug-likeness (QED) is 0.633. The van der Waals surface area contributed by atoms with E-state index in [4.69, 9.17) is 0 Å². The molecule has 0 aliphatic carbocycles. The van der Waals surface area contributed by atoms with E-state index < -0.39 is 31.1 Å². The molecule has 8 heteroatoms. The van der Waals surface area contributed by atoms with Gasteiger partial charge in [-0.15, -0.1) is 0 Å². The second kappa shape index (κ2) is 3.67. The summed E-state index contributed by atoms with van der Waals surface area (Å²) in [5.74, 6) is -5.11. The van der Waals surface area contributed by atoms with Gasteiger partial charge in [0.25, 0.3) is 5.92 Å². The highest BCUT2D eigenvalue weighted by molar-refractivity contribution is 4.89. The summed E-state index contributed by atoms with van der Waals surface area (Å²) in [4.78, 5) is 0. The van der Waals surface area contributed by atoms with Crippen molar-refractivity contribution in [1.29, 1.82) is 0 Å². The lowest BCUT2D eigenvalue weighted by Crippen LogP contribution is -2.37. The van der Waals surface area contributed by atoms with Crippen molar-refractivity contribution >= 4 is 0 Å². The summed E-state index contributed by atoms with van der Waals surface area (Å²) in [6.07, 6.45) is -15.8. The minimum atomic E-state index is -5.39. The summed E-state index contributed by atoms with van der Waals surface area (Å²) in [7, 11) is 0. The van der Waals surface area contributed by atoms with Crippen molar-refractivity contribution in [3.05, 3.63) is 6.43 Å². The van der Waals surface area contributed by atoms with Crippen LogP contribution < -0.4 is 0 Å². The molecule has 0 spiro atoms. The third kappa shape index (κ3) is 4.28. The molecule has 0 nitrogen and oxygen atoms in total. The topological polar surface area (TPSA) is 0 Å². The normalized spacial score (nSPS) is 16.4. The molecule has 0 N–H and O–H groups in total. The molecular weight excluding hydrogens is 212 g/mol. The van der Waals surface area contributed by atoms with Gasteiger partial charge >= 0.3 is 12.6 Å². The predicted octanol–water partition coefficient (Wildman–Crippen LogP) is 3.34. The number of alkyl halides is 6. The van der Waals surface area contributed by atoms with Gasteiger partial charge in [-0.1, -0.05) is 0 Å². The first-order valence-electron chi connectivity index (χ1n) is 2.83. The van der Waals surface area contributed by atoms with Crippen LogP contribution in [-0.2, 0) is 0 Å². The standard InChI is InChI=1S/C5H3F8/c6-2(3(7)8)4(9,10)1-5(11,12)13/h2H,1H2. The van der Waals surface area contributed by atoms with Gasteiger partial charge in [-0.2, -0.15) is 22.0 Å². The average molecular weight is 215 g/mol. The Morgan fingerprint density at radius 2 is 1.38 bits per heavy atom. The fourth-order valence-electron chi connectivity index (χ4n) is 0.516. The van der Waals surface area contributed by atoms with Gasteiger partial charge in [-0.05, 0) is 0 Å². The summed E-state index contributed by atoms with van der Waals surface area (Å²) < 4.78 is 91.9. The van der Waals surface area contributed by atoms with E-state index in [1.807, 2.05) is 0 Å². The van der Waals surface area contributed by atoms with Crippen molar-refractivity contribution in [2.75, 3.05) is 0 Å². The third-order valence-corrected chi connectivity index (χ3v) is 0.999. The van der Waals surface area contributed by atoms with Crippen molar-refractivity contribution in [2.45, 2.75) is 24.7 Å². The van der Waals surface area contributed by atoms with Gasteiger partial charge < -0.3 is 0 Å². The van der Waals surface area contributed by atoms with Gasteiger partial charge in [0.2, 0.25) is 6.17 Å². The van der Waals surface area contributed by atoms with E-state index in [1.54, 1.807) is 0 Å². The largest absolute Gasteiger partial charge is 0.394 e. The molecule has 0 amide bonds. The van der Waals surface area contributed by atoms with Crippen LogP contribution in [0.25, 0.3) is 0 Å². The zero-order valence-electron chi connectivity index (χ0n) is 5.81. The maximum Gasteiger partial charge on any atom is 0.394 e. The predicted molar refractivity (Wildman–Crippen MR) is 26.0 cm³/mol. The average Bonchev–Trinajstić information content (AvgIpc) is 1.80. The summed E-state index contributed by atoms with van der Waals surface area (Å²) >= 11 is 0. The molecule has 0 rings (SSSR count). The van der Waals surface area contributed by atoms with Crippen LogP contribution in [0.5, 0.6) is 0 Å². The monoisotopic (exact) mass is 215 g/mol. The van der Waals surface area contributed by atoms with Gasteiger partial charge in [-0.25, -0.2) is 13.2 Å². The Balaban J connectivity index is 4.39. The second-order valence-corrected chi connectivity index (χ2v) is 2.21. The molecular formula is C5H3F8. The lowest BCUT2D eigenvalue weighted by molar-refractivity contribution is -0.208. The lowest BCUT2D eigenvalue weighted by atomic mass is 10.1. The molecule has 79 valence electrons. The Kier molecular flexibility index (Phi) is 3.51. The van der Waals surface area contributed by atoms with Crippen LogP contribution in [0.2, 0.25) is 0 Å². The van der Waals surface area contributed by atoms with Crippen molar-refractivity contribution in [2.24, 2.45) is 0 Å². The number of hydrogen-bond donors (Lipinski definition) is 0. The van der Waals surface area contributed by atoms with Crippen LogP contribution in [0.3, 0.4) is 0 Å². The maximum atomic E-state index is 12.0. The zero-order chi connectivity index (χ0) is 10.9. The van der Waals surface area contributed by atoms with E-state index >= 15 is 0 Å². The van der Waals surface area contributed by atoms with Crippen molar-refractivity contribution in [3.63, 3.8) is 0 Å². The molecule has 13 heavy (non-hydrogen) atoms. The van der Waals surface area contributed by atoms with Crippen molar-refractivity contribution < 1.29 is 35.1 Å². The van der Waals surface area contributed by atoms with Gasteiger partial charge in [-0.3, -0.25) is 0 Å². The number of rotatable bonds is 3. The summed E-state index contributed by atoms with van der Waals surface area (Å²) in [5.41, 5.74) is 0. The molecule has 0 bridgehead atoms. The molecule has 1 unspecified atom stereocenters. The molecule has 0 aromatic carbocycles. The van der Waals surface area contributed by atoms with E-state index in [1.165, 1.54) is 0 Å². The first-order chi connectivity index (χ1) is 5.56. The third-order valence-electron chi connectivity index (χ3n) is 0.999. The summed E-state index contributed by atoms with van der Waals surface area (Å²) in [6, 6.07) is 0. The molecule has 0 saturated heterocycles. The fourth-order valence-corrected chi connectivity index (χ4v) is 0.516. The van der Waals surface area contributed by atoms with Crippen molar-refractivity contribution in [3.8, 4) is 0 Å². The van der Waals surface area contributed by atoms with E-state index in [0.717, 1.165) is 0 Å². The highest BCUT2D eigenvalue weighted by atomic mass is 19.4. The molecule has 0 fully saturated rings. The Morgan fingerprint density at radius 3 is 1.62 bits per heavy atom. The lowest BCUT2D eigenvalue weighted by Gasteiger charge is -2.20. The van der Waals surface area contributed by atoms with Crippen LogP contribution in [-0.4, -0.2) is 18.3 Å². The molecule has 0 heterocycles. The highest BCUT2D eigenvalue weighted by Gasteiger charge is 2.53. The van der Waals surface area contributed by atoms with E-state index in [9.17, 15) is 35.1 Å². The van der Waals surface area contributed by atoms with Crippen LogP contribution in [0.15, 0.2) is 0 Å². The van der Waals surface area contributed by atoms with Gasteiger partial charge in [0.1, 0.15) is 6.42 Å². The van der Waals surface area contributed by atoms with Crippen molar-refractivity contribution in [1.82, 2.24) is 0 Å².